The van der Waals surface area contributed by atoms with Crippen molar-refractivity contribution in [3.63, 3.8) is 0 Å². The molecule has 3 heterocycles. The summed E-state index contributed by atoms with van der Waals surface area (Å²) in [5.74, 6) is -1.69. The highest BCUT2D eigenvalue weighted by molar-refractivity contribution is 6.02. The lowest BCUT2D eigenvalue weighted by Crippen LogP contribution is -2.47. The molecule has 0 aliphatic carbocycles. The largest absolute Gasteiger partial charge is 0.339 e. The number of fused-ring (bicyclic) bond motifs is 1. The van der Waals surface area contributed by atoms with Gasteiger partial charge in [0, 0.05) is 14.1 Å². The number of nitrogens with one attached hydrogen (secondary N) is 1. The van der Waals surface area contributed by atoms with Gasteiger partial charge in [-0.2, -0.15) is 10.2 Å². The Bertz CT molecular complexity index is 1060. The van der Waals surface area contributed by atoms with Gasteiger partial charge in [0.1, 0.15) is 6.04 Å². The van der Waals surface area contributed by atoms with E-state index in [2.05, 4.69) is 15.5 Å². The van der Waals surface area contributed by atoms with Crippen LogP contribution in [0.3, 0.4) is 0 Å². The predicted octanol–water partition coefficient (Wildman–Crippen LogP) is 1.51. The van der Waals surface area contributed by atoms with Crippen LogP contribution in [0.25, 0.3) is 0 Å². The van der Waals surface area contributed by atoms with E-state index in [1.54, 1.807) is 17.9 Å². The first-order chi connectivity index (χ1) is 13.9. The van der Waals surface area contributed by atoms with Crippen molar-refractivity contribution in [1.29, 1.82) is 0 Å². The second-order valence-electron chi connectivity index (χ2n) is 7.07. The van der Waals surface area contributed by atoms with Gasteiger partial charge in [0.05, 0.1) is 30.3 Å². The van der Waals surface area contributed by atoms with E-state index in [1.165, 1.54) is 15.8 Å². The molecule has 0 saturated carbocycles. The highest BCUT2D eigenvalue weighted by Crippen LogP contribution is 2.25. The molecule has 3 aromatic rings. The molecule has 2 amide bonds. The maximum atomic E-state index is 14.3. The summed E-state index contributed by atoms with van der Waals surface area (Å²) in [4.78, 5) is 26.9. The minimum atomic E-state index is -0.765. The Morgan fingerprint density at radius 3 is 2.79 bits per heavy atom. The molecule has 0 fully saturated rings. The monoisotopic (exact) mass is 396 g/mol. The van der Waals surface area contributed by atoms with E-state index in [0.717, 1.165) is 11.3 Å². The summed E-state index contributed by atoms with van der Waals surface area (Å²) >= 11 is 0. The maximum Gasteiger partial charge on any atom is 0.275 e. The van der Waals surface area contributed by atoms with E-state index in [1.807, 2.05) is 37.4 Å². The second-order valence-corrected chi connectivity index (χ2v) is 7.07. The minimum absolute atomic E-state index is 0.269. The fourth-order valence-corrected chi connectivity index (χ4v) is 3.54. The number of carbonyl (C=O) groups excluding carboxylic acids is 2. The molecule has 1 aromatic carbocycles. The third-order valence-corrected chi connectivity index (χ3v) is 5.12. The molecule has 1 atom stereocenters. The average Bonchev–Trinajstić information content (AvgIpc) is 3.23. The first-order valence-corrected chi connectivity index (χ1v) is 9.30. The molecular weight excluding hydrogens is 375 g/mol. The maximum absolute atomic E-state index is 14.3. The van der Waals surface area contributed by atoms with Crippen LogP contribution in [-0.2, 0) is 24.8 Å². The summed E-state index contributed by atoms with van der Waals surface area (Å²) in [6, 6.07) is 8.67. The third kappa shape index (κ3) is 3.63. The number of aryl methyl sites for hydroxylation is 1. The van der Waals surface area contributed by atoms with Gasteiger partial charge in [-0.25, -0.2) is 4.39 Å². The molecule has 150 valence electrons. The molecule has 9 heteroatoms. The van der Waals surface area contributed by atoms with Gasteiger partial charge < -0.3 is 10.2 Å². The Morgan fingerprint density at radius 1 is 1.28 bits per heavy atom. The van der Waals surface area contributed by atoms with Gasteiger partial charge >= 0.3 is 0 Å². The van der Waals surface area contributed by atoms with Crippen LogP contribution in [0.15, 0.2) is 42.7 Å². The van der Waals surface area contributed by atoms with Gasteiger partial charge in [-0.15, -0.1) is 0 Å². The Kier molecular flexibility index (Phi) is 4.87. The van der Waals surface area contributed by atoms with E-state index in [9.17, 15) is 14.0 Å². The van der Waals surface area contributed by atoms with Crippen molar-refractivity contribution in [2.75, 3.05) is 11.9 Å². The molecule has 4 rings (SSSR count). The lowest BCUT2D eigenvalue weighted by molar-refractivity contribution is -0.120. The molecular formula is C20H21FN6O2. The van der Waals surface area contributed by atoms with Gasteiger partial charge in [-0.3, -0.25) is 19.0 Å². The summed E-state index contributed by atoms with van der Waals surface area (Å²) < 4.78 is 17.4. The first kappa shape index (κ1) is 18.9. The van der Waals surface area contributed by atoms with E-state index >= 15 is 0 Å². The fourth-order valence-electron chi connectivity index (χ4n) is 3.54. The van der Waals surface area contributed by atoms with Gasteiger partial charge in [0.2, 0.25) is 5.91 Å². The van der Waals surface area contributed by atoms with Crippen LogP contribution < -0.4 is 10.2 Å². The third-order valence-electron chi connectivity index (χ3n) is 5.12. The SMILES string of the molecule is CN1C(=O)[C@@H](NC(=O)c2nn(Cc3ccccc3)cc2F)CCc2c1cnn2C. The van der Waals surface area contributed by atoms with Crippen molar-refractivity contribution < 1.29 is 14.0 Å². The highest BCUT2D eigenvalue weighted by Gasteiger charge is 2.32. The van der Waals surface area contributed by atoms with E-state index < -0.39 is 17.8 Å². The van der Waals surface area contributed by atoms with Crippen LogP contribution >= 0.6 is 0 Å². The molecule has 0 saturated heterocycles. The summed E-state index contributed by atoms with van der Waals surface area (Å²) in [6.07, 6.45) is 3.78. The number of carbonyl (C=O) groups is 2. The van der Waals surface area contributed by atoms with Crippen molar-refractivity contribution in [2.45, 2.75) is 25.4 Å². The molecule has 8 nitrogen and oxygen atoms in total. The number of hydrogen-bond donors (Lipinski definition) is 1. The van der Waals surface area contributed by atoms with Crippen molar-refractivity contribution in [2.24, 2.45) is 7.05 Å². The van der Waals surface area contributed by atoms with Crippen LogP contribution in [0.5, 0.6) is 0 Å². The zero-order valence-corrected chi connectivity index (χ0v) is 16.2. The van der Waals surface area contributed by atoms with Crippen LogP contribution in [0.1, 0.15) is 28.2 Å². The zero-order chi connectivity index (χ0) is 20.5. The minimum Gasteiger partial charge on any atom is -0.339 e. The van der Waals surface area contributed by atoms with E-state index in [0.29, 0.717) is 25.1 Å². The number of halogens is 1. The number of likely N-dealkylation sites (N-methyl/N-ethyl adjacent to an activating group) is 1. The van der Waals surface area contributed by atoms with Gasteiger partial charge in [-0.05, 0) is 18.4 Å². The van der Waals surface area contributed by atoms with Crippen molar-refractivity contribution in [3.05, 3.63) is 65.5 Å². The highest BCUT2D eigenvalue weighted by atomic mass is 19.1. The van der Waals surface area contributed by atoms with Crippen LogP contribution in [0.4, 0.5) is 10.1 Å². The number of nitrogens with zero attached hydrogens (tertiary/aromatic N) is 5. The zero-order valence-electron chi connectivity index (χ0n) is 16.2. The second kappa shape index (κ2) is 7.50. The number of anilines is 1. The molecule has 0 spiro atoms. The van der Waals surface area contributed by atoms with Crippen molar-refractivity contribution in [1.82, 2.24) is 24.9 Å². The quantitative estimate of drug-likeness (QED) is 0.725. The van der Waals surface area contributed by atoms with Crippen molar-refractivity contribution in [3.8, 4) is 0 Å². The number of aromatic nitrogens is 4. The number of rotatable bonds is 4. The van der Waals surface area contributed by atoms with Crippen LogP contribution in [-0.4, -0.2) is 44.5 Å². The molecule has 1 aliphatic heterocycles. The normalized spacial score (nSPS) is 16.4. The molecule has 29 heavy (non-hydrogen) atoms. The predicted molar refractivity (Wildman–Crippen MR) is 104 cm³/mol. The average molecular weight is 396 g/mol. The van der Waals surface area contributed by atoms with Crippen molar-refractivity contribution >= 4 is 17.5 Å². The summed E-state index contributed by atoms with van der Waals surface area (Å²) in [5, 5.41) is 10.9. The van der Waals surface area contributed by atoms with Gasteiger partial charge in [0.25, 0.3) is 5.91 Å². The van der Waals surface area contributed by atoms with Crippen LogP contribution in [0.2, 0.25) is 0 Å². The van der Waals surface area contributed by atoms with E-state index in [4.69, 9.17) is 0 Å². The van der Waals surface area contributed by atoms with Crippen LogP contribution in [0, 0.1) is 5.82 Å². The number of hydrogen-bond acceptors (Lipinski definition) is 4. The Balaban J connectivity index is 1.49. The molecule has 0 bridgehead atoms. The lowest BCUT2D eigenvalue weighted by Gasteiger charge is -2.20. The number of amides is 2. The summed E-state index contributed by atoms with van der Waals surface area (Å²) in [5.41, 5.74) is 2.25. The molecule has 1 N–H and O–H groups in total. The Labute approximate surface area is 166 Å². The summed E-state index contributed by atoms with van der Waals surface area (Å²) in [6.45, 7) is 0.346. The molecule has 0 radical (unpaired) electrons. The van der Waals surface area contributed by atoms with Gasteiger partial charge in [-0.1, -0.05) is 30.3 Å². The van der Waals surface area contributed by atoms with E-state index in [-0.39, 0.29) is 11.6 Å². The smallest absolute Gasteiger partial charge is 0.275 e. The summed E-state index contributed by atoms with van der Waals surface area (Å²) in [7, 11) is 3.45. The topological polar surface area (TPSA) is 85.1 Å². The molecule has 0 unspecified atom stereocenters. The fraction of sp³-hybridized carbons (Fsp3) is 0.300. The Morgan fingerprint density at radius 2 is 2.03 bits per heavy atom. The van der Waals surface area contributed by atoms with Gasteiger partial charge in [0.15, 0.2) is 11.5 Å². The molecule has 2 aromatic heterocycles. The lowest BCUT2D eigenvalue weighted by atomic mass is 10.1. The molecule has 1 aliphatic rings. The first-order valence-electron chi connectivity index (χ1n) is 9.30. The number of benzene rings is 1. The Hall–Kier alpha value is -3.49. The standard InChI is InChI=1S/C20H21FN6O2/c1-25-17-10-22-26(2)16(17)9-8-15(20(25)29)23-19(28)18-14(21)12-27(24-18)11-13-6-4-3-5-7-13/h3-7,10,12,15H,8-9,11H2,1-2H3,(H,23,28)/t15-/m0/s1.